The molecule has 1 amide bonds. The van der Waals surface area contributed by atoms with Gasteiger partial charge >= 0.3 is 11.9 Å². The van der Waals surface area contributed by atoms with Crippen molar-refractivity contribution < 1.29 is 29.0 Å². The first-order valence-corrected chi connectivity index (χ1v) is 5.86. The summed E-state index contributed by atoms with van der Waals surface area (Å²) in [4.78, 5) is 33.9. The molecule has 0 radical (unpaired) electrons. The third-order valence-corrected chi connectivity index (χ3v) is 2.97. The van der Waals surface area contributed by atoms with E-state index < -0.39 is 29.4 Å². The van der Waals surface area contributed by atoms with Crippen LogP contribution < -0.4 is 11.1 Å². The number of carboxylic acids is 1. The number of hydrogen-bond donors (Lipinski definition) is 3. The fourth-order valence-electron chi connectivity index (χ4n) is 1.68. The number of carbonyl (C=O) groups excluding carboxylic acids is 2. The average molecular weight is 274 g/mol. The van der Waals surface area contributed by atoms with Gasteiger partial charge in [0, 0.05) is 13.0 Å². The second kappa shape index (κ2) is 6.48. The lowest BCUT2D eigenvalue weighted by Gasteiger charge is -2.23. The van der Waals surface area contributed by atoms with Crippen LogP contribution in [-0.4, -0.2) is 54.9 Å². The molecule has 4 N–H and O–H groups in total. The third kappa shape index (κ3) is 4.18. The number of methoxy groups -OCH3 is 1. The van der Waals surface area contributed by atoms with Crippen molar-refractivity contribution in [2.45, 2.75) is 30.8 Å². The van der Waals surface area contributed by atoms with E-state index in [0.717, 1.165) is 0 Å². The zero-order valence-electron chi connectivity index (χ0n) is 10.7. The fourth-order valence-corrected chi connectivity index (χ4v) is 1.68. The molecular formula is C11H18N2O6. The van der Waals surface area contributed by atoms with E-state index in [4.69, 9.17) is 15.6 Å². The molecular weight excluding hydrogens is 256 g/mol. The van der Waals surface area contributed by atoms with E-state index in [-0.39, 0.29) is 19.4 Å². The SMILES string of the molecule is COC(=O)CC[C@H](NC(=O)C1(N)CCOC1)C(=O)O. The third-order valence-electron chi connectivity index (χ3n) is 2.97. The molecule has 1 aliphatic heterocycles. The number of rotatable bonds is 6. The van der Waals surface area contributed by atoms with Gasteiger partial charge in [-0.15, -0.1) is 0 Å². The molecule has 19 heavy (non-hydrogen) atoms. The number of carboxylic acid groups (broad SMARTS) is 1. The van der Waals surface area contributed by atoms with Crippen LogP contribution in [0.25, 0.3) is 0 Å². The minimum absolute atomic E-state index is 0.0509. The predicted molar refractivity (Wildman–Crippen MR) is 63.2 cm³/mol. The maximum Gasteiger partial charge on any atom is 0.326 e. The Bertz CT molecular complexity index is 364. The quantitative estimate of drug-likeness (QED) is 0.509. The van der Waals surface area contributed by atoms with E-state index in [1.54, 1.807) is 0 Å². The molecule has 2 atom stereocenters. The Morgan fingerprint density at radius 1 is 1.53 bits per heavy atom. The van der Waals surface area contributed by atoms with Gasteiger partial charge in [0.05, 0.1) is 13.7 Å². The molecule has 0 saturated carbocycles. The molecule has 1 unspecified atom stereocenters. The second-order valence-corrected chi connectivity index (χ2v) is 4.44. The summed E-state index contributed by atoms with van der Waals surface area (Å²) in [5.74, 6) is -2.34. The highest BCUT2D eigenvalue weighted by molar-refractivity contribution is 5.90. The van der Waals surface area contributed by atoms with Crippen LogP contribution >= 0.6 is 0 Å². The molecule has 1 aliphatic rings. The summed E-state index contributed by atoms with van der Waals surface area (Å²) in [6.07, 6.45) is 0.189. The number of aliphatic carboxylic acids is 1. The van der Waals surface area contributed by atoms with Crippen molar-refractivity contribution in [1.82, 2.24) is 5.32 Å². The van der Waals surface area contributed by atoms with E-state index in [1.807, 2.05) is 0 Å². The summed E-state index contributed by atoms with van der Waals surface area (Å²) in [5.41, 5.74) is 4.62. The molecule has 0 aliphatic carbocycles. The highest BCUT2D eigenvalue weighted by Crippen LogP contribution is 2.16. The van der Waals surface area contributed by atoms with Gasteiger partial charge in [0.2, 0.25) is 5.91 Å². The van der Waals surface area contributed by atoms with E-state index in [2.05, 4.69) is 10.1 Å². The fraction of sp³-hybridized carbons (Fsp3) is 0.727. The average Bonchev–Trinajstić information content (AvgIpc) is 2.81. The molecule has 0 spiro atoms. The number of carbonyl (C=O) groups is 3. The van der Waals surface area contributed by atoms with Gasteiger partial charge < -0.3 is 25.6 Å². The van der Waals surface area contributed by atoms with Crippen LogP contribution in [-0.2, 0) is 23.9 Å². The molecule has 8 nitrogen and oxygen atoms in total. The second-order valence-electron chi connectivity index (χ2n) is 4.44. The molecule has 1 heterocycles. The van der Waals surface area contributed by atoms with Crippen LogP contribution in [0.5, 0.6) is 0 Å². The maximum absolute atomic E-state index is 11.9. The number of amides is 1. The van der Waals surface area contributed by atoms with Crippen molar-refractivity contribution in [2.75, 3.05) is 20.3 Å². The molecule has 0 bridgehead atoms. The summed E-state index contributed by atoms with van der Waals surface area (Å²) in [5, 5.41) is 11.3. The number of nitrogens with one attached hydrogen (secondary N) is 1. The van der Waals surface area contributed by atoms with Crippen LogP contribution in [0.1, 0.15) is 19.3 Å². The van der Waals surface area contributed by atoms with Crippen LogP contribution in [0.3, 0.4) is 0 Å². The predicted octanol–water partition coefficient (Wildman–Crippen LogP) is -1.37. The summed E-state index contributed by atoms with van der Waals surface area (Å²) >= 11 is 0. The van der Waals surface area contributed by atoms with Crippen molar-refractivity contribution in [2.24, 2.45) is 5.73 Å². The molecule has 0 aromatic rings. The largest absolute Gasteiger partial charge is 0.480 e. The smallest absolute Gasteiger partial charge is 0.326 e. The molecule has 0 aromatic carbocycles. The van der Waals surface area contributed by atoms with Gasteiger partial charge in [-0.2, -0.15) is 0 Å². The van der Waals surface area contributed by atoms with E-state index in [9.17, 15) is 14.4 Å². The Labute approximate surface area is 110 Å². The topological polar surface area (TPSA) is 128 Å². The molecule has 1 saturated heterocycles. The van der Waals surface area contributed by atoms with Crippen LogP contribution in [0.4, 0.5) is 0 Å². The number of nitrogens with two attached hydrogens (primary N) is 1. The Balaban J connectivity index is 2.55. The van der Waals surface area contributed by atoms with E-state index in [1.165, 1.54) is 7.11 Å². The zero-order valence-corrected chi connectivity index (χ0v) is 10.7. The summed E-state index contributed by atoms with van der Waals surface area (Å²) in [7, 11) is 1.21. The van der Waals surface area contributed by atoms with Crippen molar-refractivity contribution in [3.63, 3.8) is 0 Å². The minimum atomic E-state index is -1.22. The molecule has 108 valence electrons. The first-order valence-electron chi connectivity index (χ1n) is 5.86. The van der Waals surface area contributed by atoms with Crippen LogP contribution in [0.15, 0.2) is 0 Å². The number of esters is 1. The van der Waals surface area contributed by atoms with Gasteiger partial charge in [-0.3, -0.25) is 9.59 Å². The molecule has 8 heteroatoms. The first kappa shape index (κ1) is 15.4. The van der Waals surface area contributed by atoms with Crippen molar-refractivity contribution >= 4 is 17.8 Å². The van der Waals surface area contributed by atoms with Crippen molar-refractivity contribution in [3.05, 3.63) is 0 Å². The summed E-state index contributed by atoms with van der Waals surface area (Å²) < 4.78 is 9.45. The lowest BCUT2D eigenvalue weighted by Crippen LogP contribution is -2.58. The standard InChI is InChI=1S/C11H18N2O6/c1-18-8(14)3-2-7(9(15)16)13-10(17)11(12)4-5-19-6-11/h7H,2-6,12H2,1H3,(H,13,17)(H,15,16)/t7-,11?/m0/s1. The highest BCUT2D eigenvalue weighted by atomic mass is 16.5. The summed E-state index contributed by atoms with van der Waals surface area (Å²) in [6, 6.07) is -1.17. The molecule has 1 rings (SSSR count). The number of ether oxygens (including phenoxy) is 2. The molecule has 1 fully saturated rings. The molecule has 0 aromatic heterocycles. The highest BCUT2D eigenvalue weighted by Gasteiger charge is 2.39. The van der Waals surface area contributed by atoms with Crippen LogP contribution in [0, 0.1) is 0 Å². The number of hydrogen-bond acceptors (Lipinski definition) is 6. The summed E-state index contributed by atoms with van der Waals surface area (Å²) in [6.45, 7) is 0.423. The van der Waals surface area contributed by atoms with Gasteiger partial charge in [0.1, 0.15) is 11.6 Å². The zero-order chi connectivity index (χ0) is 14.5. The Morgan fingerprint density at radius 2 is 2.21 bits per heavy atom. The lowest BCUT2D eigenvalue weighted by atomic mass is 9.98. The van der Waals surface area contributed by atoms with Gasteiger partial charge in [-0.05, 0) is 12.8 Å². The normalized spacial score (nSPS) is 23.7. The van der Waals surface area contributed by atoms with Gasteiger partial charge in [-0.25, -0.2) is 4.79 Å². The van der Waals surface area contributed by atoms with Crippen LogP contribution in [0.2, 0.25) is 0 Å². The Kier molecular flexibility index (Phi) is 5.25. The van der Waals surface area contributed by atoms with Gasteiger partial charge in [0.25, 0.3) is 0 Å². The van der Waals surface area contributed by atoms with Gasteiger partial charge in [-0.1, -0.05) is 0 Å². The van der Waals surface area contributed by atoms with Crippen molar-refractivity contribution in [1.29, 1.82) is 0 Å². The maximum atomic E-state index is 11.9. The monoisotopic (exact) mass is 274 g/mol. The lowest BCUT2D eigenvalue weighted by molar-refractivity contribution is -0.144. The van der Waals surface area contributed by atoms with Gasteiger partial charge in [0.15, 0.2) is 0 Å². The van der Waals surface area contributed by atoms with E-state index in [0.29, 0.717) is 13.0 Å². The Morgan fingerprint density at radius 3 is 2.68 bits per heavy atom. The van der Waals surface area contributed by atoms with Crippen molar-refractivity contribution in [3.8, 4) is 0 Å². The first-order chi connectivity index (χ1) is 8.89. The Hall–Kier alpha value is -1.67. The van der Waals surface area contributed by atoms with E-state index >= 15 is 0 Å². The minimum Gasteiger partial charge on any atom is -0.480 e.